The predicted octanol–water partition coefficient (Wildman–Crippen LogP) is 3.37. The Bertz CT molecular complexity index is 1240. The molecule has 0 saturated heterocycles. The predicted molar refractivity (Wildman–Crippen MR) is 126 cm³/mol. The highest BCUT2D eigenvalue weighted by molar-refractivity contribution is 5.89. The van der Waals surface area contributed by atoms with E-state index in [0.29, 0.717) is 12.1 Å². The number of esters is 1. The van der Waals surface area contributed by atoms with Crippen molar-refractivity contribution in [2.24, 2.45) is 5.73 Å². The minimum absolute atomic E-state index is 0. The number of nitrogens with zero attached hydrogens (tertiary/aromatic N) is 3. The van der Waals surface area contributed by atoms with Crippen LogP contribution in [0.25, 0.3) is 0 Å². The number of hydrogen-bond donors (Lipinski definition) is 1. The molecular weight excluding hydrogens is 578 g/mol. The molecule has 3 rings (SSSR count). The lowest BCUT2D eigenvalue weighted by molar-refractivity contribution is -0.148. The first-order valence-electron chi connectivity index (χ1n) is 11.6. The molecule has 0 spiro atoms. The van der Waals surface area contributed by atoms with Gasteiger partial charge in [-0.3, -0.25) is 4.79 Å². The zero-order valence-corrected chi connectivity index (χ0v) is 21.7. The van der Waals surface area contributed by atoms with Gasteiger partial charge in [-0.05, 0) is 25.0 Å². The van der Waals surface area contributed by atoms with Gasteiger partial charge in [-0.2, -0.15) is 13.2 Å². The topological polar surface area (TPSA) is 126 Å². The molecule has 2 N–H and O–H groups in total. The van der Waals surface area contributed by atoms with Gasteiger partial charge in [-0.25, -0.2) is 27.7 Å². The summed E-state index contributed by atoms with van der Waals surface area (Å²) in [5.74, 6) is -6.94. The average molecular weight is 603 g/mol. The third-order valence-corrected chi connectivity index (χ3v) is 5.61. The fourth-order valence-electron chi connectivity index (χ4n) is 3.88. The molecule has 222 valence electrons. The van der Waals surface area contributed by atoms with Crippen LogP contribution < -0.4 is 5.73 Å². The van der Waals surface area contributed by atoms with Crippen LogP contribution in [0, 0.1) is 17.5 Å². The maximum atomic E-state index is 13.9. The van der Waals surface area contributed by atoms with Gasteiger partial charge in [0.15, 0.2) is 17.3 Å². The van der Waals surface area contributed by atoms with E-state index in [0.717, 1.165) is 9.47 Å². The molecule has 0 unspecified atom stereocenters. The van der Waals surface area contributed by atoms with E-state index in [9.17, 15) is 40.7 Å². The molecule has 0 fully saturated rings. The van der Waals surface area contributed by atoms with Gasteiger partial charge < -0.3 is 29.4 Å². The number of nitrogens with two attached hydrogens (primary N) is 1. The number of alkyl halides is 3. The quantitative estimate of drug-likeness (QED) is 0.200. The largest absolute Gasteiger partial charge is 0.508 e. The number of aromatic nitrogens is 2. The molecule has 1 aromatic heterocycles. The van der Waals surface area contributed by atoms with Crippen LogP contribution >= 0.6 is 12.4 Å². The number of fused-ring (bicyclic) bond motifs is 1. The second kappa shape index (κ2) is 13.7. The number of amides is 1. The summed E-state index contributed by atoms with van der Waals surface area (Å²) in [5.41, 5.74) is 4.73. The molecule has 0 radical (unpaired) electrons. The first kappa shape index (κ1) is 32.7. The van der Waals surface area contributed by atoms with E-state index in [1.165, 1.54) is 6.92 Å². The number of rotatable bonds is 9. The Labute approximate surface area is 229 Å². The van der Waals surface area contributed by atoms with Crippen LogP contribution in [0.2, 0.25) is 0 Å². The molecule has 17 heteroatoms. The van der Waals surface area contributed by atoms with Crippen LogP contribution in [0.5, 0.6) is 0 Å². The first-order valence-corrected chi connectivity index (χ1v) is 11.6. The van der Waals surface area contributed by atoms with E-state index in [-0.39, 0.29) is 49.8 Å². The van der Waals surface area contributed by atoms with Crippen molar-refractivity contribution >= 4 is 30.4 Å². The van der Waals surface area contributed by atoms with Crippen molar-refractivity contribution in [3.63, 3.8) is 0 Å². The van der Waals surface area contributed by atoms with Crippen LogP contribution in [-0.4, -0.2) is 64.9 Å². The van der Waals surface area contributed by atoms with E-state index in [4.69, 9.17) is 10.5 Å². The van der Waals surface area contributed by atoms with Crippen molar-refractivity contribution < 1.29 is 54.9 Å². The van der Waals surface area contributed by atoms with Crippen LogP contribution in [0.1, 0.15) is 40.9 Å². The molecule has 1 aromatic carbocycles. The third-order valence-electron chi connectivity index (χ3n) is 5.61. The Hall–Kier alpha value is -3.53. The smallest absolute Gasteiger partial charge is 0.457 e. The van der Waals surface area contributed by atoms with Crippen molar-refractivity contribution in [2.75, 3.05) is 26.4 Å². The second-order valence-electron chi connectivity index (χ2n) is 8.39. The van der Waals surface area contributed by atoms with Gasteiger partial charge in [0.05, 0.1) is 18.8 Å². The highest BCUT2D eigenvalue weighted by Crippen LogP contribution is 2.32. The lowest BCUT2D eigenvalue weighted by Crippen LogP contribution is -2.42. The molecule has 10 nitrogen and oxygen atoms in total. The maximum absolute atomic E-state index is 13.9. The van der Waals surface area contributed by atoms with E-state index in [1.807, 2.05) is 0 Å². The summed E-state index contributed by atoms with van der Waals surface area (Å²) in [7, 11) is 0. The lowest BCUT2D eigenvalue weighted by atomic mass is 10.0. The molecule has 1 aliphatic rings. The van der Waals surface area contributed by atoms with Gasteiger partial charge in [-0.15, -0.1) is 12.4 Å². The number of imidazole rings is 1. The van der Waals surface area contributed by atoms with Crippen molar-refractivity contribution in [1.29, 1.82) is 0 Å². The fourth-order valence-corrected chi connectivity index (χ4v) is 3.88. The number of ether oxygens (including phenoxy) is 3. The SMILES string of the molecule is CCOC(=O)OCCOC(=O)c1nc(C(F)(F)F)n2c1CN(C(=O)C[C@H](N)Cc1cc(F)c(F)cc1F)CC2.Cl. The van der Waals surface area contributed by atoms with Crippen molar-refractivity contribution in [2.45, 2.75) is 45.1 Å². The fraction of sp³-hybridized carbons (Fsp3) is 0.478. The molecule has 1 aliphatic heterocycles. The second-order valence-corrected chi connectivity index (χ2v) is 8.39. The minimum Gasteiger partial charge on any atom is -0.457 e. The monoisotopic (exact) mass is 602 g/mol. The molecular formula is C23H25ClF6N4O6. The summed E-state index contributed by atoms with van der Waals surface area (Å²) < 4.78 is 95.9. The zero-order chi connectivity index (χ0) is 28.9. The molecule has 40 heavy (non-hydrogen) atoms. The molecule has 0 saturated carbocycles. The summed E-state index contributed by atoms with van der Waals surface area (Å²) in [4.78, 5) is 41.0. The first-order chi connectivity index (χ1) is 18.3. The number of halogens is 7. The zero-order valence-electron chi connectivity index (χ0n) is 20.9. The van der Waals surface area contributed by atoms with Crippen LogP contribution in [0.3, 0.4) is 0 Å². The van der Waals surface area contributed by atoms with Gasteiger partial charge in [0.25, 0.3) is 0 Å². The highest BCUT2D eigenvalue weighted by Gasteiger charge is 2.42. The summed E-state index contributed by atoms with van der Waals surface area (Å²) in [6.45, 7) is -0.319. The standard InChI is InChI=1S/C23H24F6N4O6.ClH/c1-2-37-22(36)39-6-5-38-20(35)19-17-11-32(3-4-33(17)21(31-19)23(27,28)29)18(34)9-13(30)7-12-8-15(25)16(26)10-14(12)24;/h8,10,13H,2-7,9,11,30H2,1H3;1H/t13-;/m1./s1. The van der Waals surface area contributed by atoms with Gasteiger partial charge in [0, 0.05) is 31.6 Å². The van der Waals surface area contributed by atoms with Crippen LogP contribution in [0.15, 0.2) is 12.1 Å². The Morgan fingerprint density at radius 3 is 2.33 bits per heavy atom. The lowest BCUT2D eigenvalue weighted by Gasteiger charge is -2.30. The Balaban J connectivity index is 0.00000560. The summed E-state index contributed by atoms with van der Waals surface area (Å²) >= 11 is 0. The van der Waals surface area contributed by atoms with E-state index < -0.39 is 85.4 Å². The van der Waals surface area contributed by atoms with Crippen LogP contribution in [-0.2, 0) is 44.7 Å². The van der Waals surface area contributed by atoms with Gasteiger partial charge in [-0.1, -0.05) is 0 Å². The molecule has 0 bridgehead atoms. The summed E-state index contributed by atoms with van der Waals surface area (Å²) in [6, 6.07) is -0.0476. The minimum atomic E-state index is -4.91. The molecule has 1 amide bonds. The normalized spacial score (nSPS) is 13.7. The van der Waals surface area contributed by atoms with E-state index in [2.05, 4.69) is 14.5 Å². The van der Waals surface area contributed by atoms with Gasteiger partial charge >= 0.3 is 18.3 Å². The van der Waals surface area contributed by atoms with Crippen LogP contribution in [0.4, 0.5) is 31.1 Å². The Morgan fingerprint density at radius 2 is 1.68 bits per heavy atom. The third kappa shape index (κ3) is 8.00. The van der Waals surface area contributed by atoms with Gasteiger partial charge in [0.2, 0.25) is 11.7 Å². The van der Waals surface area contributed by atoms with Crippen molar-refractivity contribution in [3.05, 3.63) is 52.4 Å². The molecule has 2 aromatic rings. The molecule has 1 atom stereocenters. The average Bonchev–Trinajstić information content (AvgIpc) is 3.25. The number of carbonyl (C=O) groups is 3. The molecule has 2 heterocycles. The highest BCUT2D eigenvalue weighted by atomic mass is 35.5. The number of hydrogen-bond acceptors (Lipinski definition) is 8. The van der Waals surface area contributed by atoms with Crippen molar-refractivity contribution in [1.82, 2.24) is 14.5 Å². The summed E-state index contributed by atoms with van der Waals surface area (Å²) in [6.07, 6.45) is -6.65. The number of benzene rings is 1. The van der Waals surface area contributed by atoms with Crippen molar-refractivity contribution in [3.8, 4) is 0 Å². The van der Waals surface area contributed by atoms with E-state index in [1.54, 1.807) is 0 Å². The van der Waals surface area contributed by atoms with E-state index >= 15 is 0 Å². The van der Waals surface area contributed by atoms with Gasteiger partial charge in [0.1, 0.15) is 19.0 Å². The Kier molecular flexibility index (Phi) is 11.2. The summed E-state index contributed by atoms with van der Waals surface area (Å²) in [5, 5.41) is 0. The maximum Gasteiger partial charge on any atom is 0.508 e. The Morgan fingerprint density at radius 1 is 1.02 bits per heavy atom. The number of carbonyl (C=O) groups excluding carboxylic acids is 3. The molecule has 0 aliphatic carbocycles.